The van der Waals surface area contributed by atoms with Crippen molar-refractivity contribution < 1.29 is 86.3 Å². The molecule has 2 fully saturated rings. The second kappa shape index (κ2) is 49.5. The van der Waals surface area contributed by atoms with Crippen molar-refractivity contribution in [3.8, 4) is 0 Å². The number of hydrogen-bond donors (Lipinski definition) is 2. The van der Waals surface area contributed by atoms with Crippen LogP contribution in [0, 0.1) is 47.3 Å². The molecule has 13 unspecified atom stereocenters. The Hall–Kier alpha value is -6.87. The van der Waals surface area contributed by atoms with Crippen LogP contribution in [0.4, 0.5) is 0 Å². The summed E-state index contributed by atoms with van der Waals surface area (Å²) >= 11 is 0. The maximum Gasteiger partial charge on any atom is 0.338 e. The van der Waals surface area contributed by atoms with E-state index in [0.29, 0.717) is 36.9 Å². The van der Waals surface area contributed by atoms with Gasteiger partial charge in [0, 0.05) is 19.6 Å². The SMILES string of the molecule is CC(C)CCCC(C)CCCC(C)CCCC(C)CCOCC(CO[C@@H]1OC(COC(=O)c2ccccc2)[C@@H](O[C@@H]2OC(CO)[C@H](O)C(OC(=O)c3ccccc3)CC2OC(=O)c2ccccc2)C(OC(=O)c2ccccc2)C1OC(=O)c1ccccc1)OCCC(C)CCCC(C)CCCC(C)CCCC(C)C. The third-order valence-electron chi connectivity index (χ3n) is 21.3. The van der Waals surface area contributed by atoms with Crippen molar-refractivity contribution in [3.05, 3.63) is 179 Å². The minimum absolute atomic E-state index is 0.0896. The lowest BCUT2D eigenvalue weighted by molar-refractivity contribution is -0.338. The lowest BCUT2D eigenvalue weighted by atomic mass is 9.91. The van der Waals surface area contributed by atoms with Gasteiger partial charge >= 0.3 is 29.8 Å². The number of aliphatic hydroxyl groups is 2. The van der Waals surface area contributed by atoms with Crippen LogP contribution in [0.15, 0.2) is 152 Å². The van der Waals surface area contributed by atoms with E-state index in [4.69, 9.17) is 52.1 Å². The standard InChI is InChI=1S/C91H130O18/c1-63(2)32-26-34-65(5)36-28-38-67(7)40-30-42-69(9)54-56-99-60-76(100-57-55-70(10)43-31-41-68(8)39-29-37-66(6)35-27-33-64(3)4)61-102-91-84(108-89(98)75-52-24-15-25-53-75)83(107-88(97)74-50-22-14-23-51-74)82(80(106-91)62-101-85(94)71-44-16-11-17-45-71)109-90-78(104-87(96)73-48-20-13-21-49-73)58-77(81(93)79(59-92)105-90)103-86(95)72-46-18-12-19-47-72/h11-25,44-53,63-70,76-84,90-93H,26-43,54-62H2,1-10H3/t65?,66?,67?,68?,69?,70?,76?,77?,78?,79?,80?,81-,82-,83?,84?,90+,91-/m1/s1. The Balaban J connectivity index is 1.18. The topological polar surface area (TPSA) is 227 Å². The Labute approximate surface area is 651 Å². The van der Waals surface area contributed by atoms with Crippen molar-refractivity contribution in [2.45, 2.75) is 272 Å². The van der Waals surface area contributed by atoms with E-state index in [9.17, 15) is 34.2 Å². The number of ether oxygens (including phenoxy) is 11. The minimum atomic E-state index is -1.86. The average Bonchev–Trinajstić information content (AvgIpc) is 1.53. The van der Waals surface area contributed by atoms with Gasteiger partial charge in [-0.2, -0.15) is 0 Å². The average molecular weight is 1510 g/mol. The van der Waals surface area contributed by atoms with Crippen LogP contribution in [0.2, 0.25) is 0 Å². The largest absolute Gasteiger partial charge is 0.459 e. The number of rotatable bonds is 50. The number of carbonyl (C=O) groups is 5. The van der Waals surface area contributed by atoms with Crippen LogP contribution in [0.3, 0.4) is 0 Å². The molecule has 18 heteroatoms. The molecule has 18 nitrogen and oxygen atoms in total. The molecular formula is C91H130O18. The summed E-state index contributed by atoms with van der Waals surface area (Å²) in [5, 5.41) is 23.2. The van der Waals surface area contributed by atoms with Crippen molar-refractivity contribution in [2.24, 2.45) is 47.3 Å². The molecule has 0 saturated carbocycles. The molecule has 17 atom stereocenters. The summed E-state index contributed by atoms with van der Waals surface area (Å²) in [7, 11) is 0. The summed E-state index contributed by atoms with van der Waals surface area (Å²) in [5.74, 6) is 0.867. The van der Waals surface area contributed by atoms with Gasteiger partial charge in [0.05, 0.1) is 47.6 Å². The summed E-state index contributed by atoms with van der Waals surface area (Å²) in [6.45, 7) is 22.6. The van der Waals surface area contributed by atoms with Gasteiger partial charge in [0.15, 0.2) is 30.9 Å². The third-order valence-corrected chi connectivity index (χ3v) is 21.3. The van der Waals surface area contributed by atoms with Gasteiger partial charge < -0.3 is 62.3 Å². The minimum Gasteiger partial charge on any atom is -0.459 e. The summed E-state index contributed by atoms with van der Waals surface area (Å²) in [4.78, 5) is 72.1. The fourth-order valence-corrected chi connectivity index (χ4v) is 14.3. The summed E-state index contributed by atoms with van der Waals surface area (Å²) < 4.78 is 72.2. The highest BCUT2D eigenvalue weighted by atomic mass is 16.8. The normalized spacial score (nSPS) is 22.1. The highest BCUT2D eigenvalue weighted by Crippen LogP contribution is 2.37. The second-order valence-corrected chi connectivity index (χ2v) is 32.1. The van der Waals surface area contributed by atoms with Crippen molar-refractivity contribution in [1.29, 1.82) is 0 Å². The molecule has 0 amide bonds. The van der Waals surface area contributed by atoms with E-state index in [1.54, 1.807) is 115 Å². The Morgan fingerprint density at radius 3 is 1.14 bits per heavy atom. The molecule has 2 aliphatic heterocycles. The van der Waals surface area contributed by atoms with Crippen molar-refractivity contribution >= 4 is 29.8 Å². The maximum atomic E-state index is 14.9. The highest BCUT2D eigenvalue weighted by Gasteiger charge is 2.55. The van der Waals surface area contributed by atoms with Crippen molar-refractivity contribution in [2.75, 3.05) is 39.6 Å². The first kappa shape index (κ1) is 89.3. The van der Waals surface area contributed by atoms with E-state index in [-0.39, 0.29) is 41.0 Å². The first-order valence-corrected chi connectivity index (χ1v) is 41.0. The molecule has 2 heterocycles. The second-order valence-electron chi connectivity index (χ2n) is 32.1. The number of carbonyl (C=O) groups excluding carboxylic acids is 5. The van der Waals surface area contributed by atoms with Gasteiger partial charge in [-0.3, -0.25) is 0 Å². The Morgan fingerprint density at radius 2 is 0.734 bits per heavy atom. The van der Waals surface area contributed by atoms with Crippen LogP contribution < -0.4 is 0 Å². The zero-order valence-electron chi connectivity index (χ0n) is 66.9. The summed E-state index contributed by atoms with van der Waals surface area (Å²) in [6, 6.07) is 40.6. The fourth-order valence-electron chi connectivity index (χ4n) is 14.3. The molecule has 7 rings (SSSR count). The van der Waals surface area contributed by atoms with E-state index in [0.717, 1.165) is 62.2 Å². The molecule has 2 saturated heterocycles. The van der Waals surface area contributed by atoms with Crippen LogP contribution in [-0.2, 0) is 52.1 Å². The van der Waals surface area contributed by atoms with Gasteiger partial charge in [0.25, 0.3) is 0 Å². The predicted octanol–water partition coefficient (Wildman–Crippen LogP) is 18.7. The van der Waals surface area contributed by atoms with Crippen molar-refractivity contribution in [1.82, 2.24) is 0 Å². The lowest BCUT2D eigenvalue weighted by Crippen LogP contribution is -2.64. The molecule has 5 aromatic carbocycles. The Bertz CT molecular complexity index is 3300. The number of esters is 5. The molecule has 0 spiro atoms. The zero-order valence-corrected chi connectivity index (χ0v) is 66.9. The molecular weight excluding hydrogens is 1380 g/mol. The monoisotopic (exact) mass is 1510 g/mol. The lowest BCUT2D eigenvalue weighted by Gasteiger charge is -2.46. The number of hydrogen-bond acceptors (Lipinski definition) is 18. The van der Waals surface area contributed by atoms with E-state index >= 15 is 0 Å². The van der Waals surface area contributed by atoms with Gasteiger partial charge in [0.1, 0.15) is 43.2 Å². The first-order valence-electron chi connectivity index (χ1n) is 41.0. The van der Waals surface area contributed by atoms with E-state index in [1.165, 1.54) is 126 Å². The smallest absolute Gasteiger partial charge is 0.338 e. The predicted molar refractivity (Wildman–Crippen MR) is 423 cm³/mol. The van der Waals surface area contributed by atoms with Gasteiger partial charge in [0.2, 0.25) is 0 Å². The van der Waals surface area contributed by atoms with Crippen molar-refractivity contribution in [3.63, 3.8) is 0 Å². The summed E-state index contributed by atoms with van der Waals surface area (Å²) in [6.07, 6.45) is 5.85. The van der Waals surface area contributed by atoms with E-state index in [2.05, 4.69) is 69.2 Å². The van der Waals surface area contributed by atoms with Gasteiger partial charge in [-0.1, -0.05) is 276 Å². The van der Waals surface area contributed by atoms with E-state index in [1.807, 2.05) is 0 Å². The number of aliphatic hydroxyl groups excluding tert-OH is 2. The van der Waals surface area contributed by atoms with Gasteiger partial charge in [-0.15, -0.1) is 0 Å². The van der Waals surface area contributed by atoms with Crippen LogP contribution in [0.5, 0.6) is 0 Å². The van der Waals surface area contributed by atoms with Gasteiger partial charge in [-0.25, -0.2) is 24.0 Å². The molecule has 5 aromatic rings. The highest BCUT2D eigenvalue weighted by molar-refractivity contribution is 5.91. The molecule has 602 valence electrons. The molecule has 0 radical (unpaired) electrons. The number of benzene rings is 5. The van der Waals surface area contributed by atoms with Crippen LogP contribution in [0.1, 0.15) is 256 Å². The van der Waals surface area contributed by atoms with Gasteiger partial charge in [-0.05, 0) is 121 Å². The molecule has 0 aliphatic carbocycles. The molecule has 0 bridgehead atoms. The Morgan fingerprint density at radius 1 is 0.385 bits per heavy atom. The maximum absolute atomic E-state index is 14.9. The quantitative estimate of drug-likeness (QED) is 0.0210. The third kappa shape index (κ3) is 32.8. The molecule has 109 heavy (non-hydrogen) atoms. The van der Waals surface area contributed by atoms with Crippen LogP contribution >= 0.6 is 0 Å². The fraction of sp³-hybridized carbons (Fsp3) is 0.615. The van der Waals surface area contributed by atoms with Crippen LogP contribution in [0.25, 0.3) is 0 Å². The van der Waals surface area contributed by atoms with Crippen LogP contribution in [-0.4, -0.2) is 147 Å². The Kier molecular flexibility index (Phi) is 40.6. The summed E-state index contributed by atoms with van der Waals surface area (Å²) in [5.41, 5.74) is 0.658. The molecule has 2 N–H and O–H groups in total. The van der Waals surface area contributed by atoms with E-state index < -0.39 is 117 Å². The first-order chi connectivity index (χ1) is 52.6. The molecule has 0 aromatic heterocycles. The molecule has 2 aliphatic rings. The zero-order chi connectivity index (χ0) is 78.3.